The van der Waals surface area contributed by atoms with Gasteiger partial charge >= 0.3 is 6.18 Å². The first kappa shape index (κ1) is 18.2. The van der Waals surface area contributed by atoms with Crippen LogP contribution in [0.15, 0.2) is 36.3 Å². The number of hydrogen-bond donors (Lipinski definition) is 3. The van der Waals surface area contributed by atoms with Crippen molar-refractivity contribution in [2.75, 3.05) is 11.9 Å². The fourth-order valence-electron chi connectivity index (χ4n) is 2.85. The number of nitrogens with one attached hydrogen (secondary N) is 3. The van der Waals surface area contributed by atoms with E-state index in [0.29, 0.717) is 22.5 Å². The molecule has 136 valence electrons. The quantitative estimate of drug-likeness (QED) is 0.714. The number of H-pyrrole nitrogens is 1. The summed E-state index contributed by atoms with van der Waals surface area (Å²) in [7, 11) is 1.66. The number of carbonyl (C=O) groups is 1. The Morgan fingerprint density at radius 3 is 2.69 bits per heavy atom. The van der Waals surface area contributed by atoms with Crippen LogP contribution in [-0.4, -0.2) is 23.0 Å². The molecule has 1 aromatic heterocycles. The molecule has 0 bridgehead atoms. The number of aromatic amines is 1. The van der Waals surface area contributed by atoms with Gasteiger partial charge in [0.05, 0.1) is 17.8 Å². The van der Waals surface area contributed by atoms with Crippen molar-refractivity contribution >= 4 is 28.8 Å². The van der Waals surface area contributed by atoms with Crippen molar-refractivity contribution in [3.8, 4) is 0 Å². The monoisotopic (exact) mass is 380 g/mol. The highest BCUT2D eigenvalue weighted by atomic mass is 32.1. The fourth-order valence-corrected chi connectivity index (χ4v) is 3.01. The molecular weight excluding hydrogens is 365 g/mol. The third-order valence-electron chi connectivity index (χ3n) is 4.07. The molecule has 1 amide bonds. The van der Waals surface area contributed by atoms with Gasteiger partial charge in [-0.25, -0.2) is 0 Å². The van der Waals surface area contributed by atoms with Crippen molar-refractivity contribution in [3.63, 3.8) is 0 Å². The Morgan fingerprint density at radius 1 is 1.27 bits per heavy atom. The average Bonchev–Trinajstić information content (AvgIpc) is 3.08. The Morgan fingerprint density at radius 2 is 2.04 bits per heavy atom. The topological polar surface area (TPSA) is 60.2 Å². The van der Waals surface area contributed by atoms with E-state index in [4.69, 9.17) is 12.2 Å². The highest BCUT2D eigenvalue weighted by Gasteiger charge is 2.32. The van der Waals surface area contributed by atoms with Crippen molar-refractivity contribution in [1.29, 1.82) is 0 Å². The van der Waals surface area contributed by atoms with E-state index in [2.05, 4.69) is 20.6 Å². The van der Waals surface area contributed by atoms with Crippen LogP contribution in [0.5, 0.6) is 0 Å². The smallest absolute Gasteiger partial charge is 0.355 e. The van der Waals surface area contributed by atoms with E-state index in [1.54, 1.807) is 24.2 Å². The number of nitrogens with zero attached hydrogens (tertiary/aromatic N) is 1. The second-order valence-electron chi connectivity index (χ2n) is 5.74. The molecule has 5 nitrogen and oxygen atoms in total. The van der Waals surface area contributed by atoms with Crippen LogP contribution in [0.2, 0.25) is 0 Å². The molecule has 1 aliphatic rings. The summed E-state index contributed by atoms with van der Waals surface area (Å²) in [4.78, 5) is 16.6. The fraction of sp³-hybridized carbons (Fsp3) is 0.235. The van der Waals surface area contributed by atoms with Crippen LogP contribution in [0.1, 0.15) is 27.2 Å². The number of carbonyl (C=O) groups excluding carboxylic acids is 1. The molecule has 0 atom stereocenters. The van der Waals surface area contributed by atoms with Gasteiger partial charge in [-0.05, 0) is 53.6 Å². The Hall–Kier alpha value is -2.61. The lowest BCUT2D eigenvalue weighted by Crippen LogP contribution is -2.41. The zero-order chi connectivity index (χ0) is 18.9. The molecule has 3 rings (SSSR count). The van der Waals surface area contributed by atoms with Crippen molar-refractivity contribution in [1.82, 2.24) is 15.6 Å². The Balaban J connectivity index is 2.01. The van der Waals surface area contributed by atoms with Gasteiger partial charge in [0.2, 0.25) is 0 Å². The SMILES string of the molecule is CNCc1cc(C(F)(F)F)ccc1CN1C(=C=S)NC(=O)c2[nH]ccc21. The van der Waals surface area contributed by atoms with Crippen LogP contribution in [-0.2, 0) is 19.3 Å². The van der Waals surface area contributed by atoms with Crippen molar-refractivity contribution in [2.24, 2.45) is 0 Å². The third-order valence-corrected chi connectivity index (χ3v) is 4.26. The summed E-state index contributed by atoms with van der Waals surface area (Å²) in [6, 6.07) is 5.34. The molecule has 0 saturated heterocycles. The van der Waals surface area contributed by atoms with Crippen molar-refractivity contribution in [3.05, 3.63) is 58.7 Å². The molecule has 0 aliphatic carbocycles. The van der Waals surface area contributed by atoms with Crippen LogP contribution >= 0.6 is 12.2 Å². The predicted octanol–water partition coefficient (Wildman–Crippen LogP) is 2.94. The largest absolute Gasteiger partial charge is 0.416 e. The molecule has 2 aromatic rings. The van der Waals surface area contributed by atoms with Gasteiger partial charge in [0, 0.05) is 12.7 Å². The third kappa shape index (κ3) is 3.37. The second kappa shape index (κ2) is 6.95. The number of aromatic nitrogens is 1. The van der Waals surface area contributed by atoms with Crippen LogP contribution in [0, 0.1) is 0 Å². The van der Waals surface area contributed by atoms with E-state index in [-0.39, 0.29) is 24.8 Å². The van der Waals surface area contributed by atoms with Gasteiger partial charge in [0.15, 0.2) is 5.82 Å². The van der Waals surface area contributed by atoms with E-state index in [1.165, 1.54) is 6.07 Å². The lowest BCUT2D eigenvalue weighted by atomic mass is 10.0. The maximum Gasteiger partial charge on any atom is 0.416 e. The summed E-state index contributed by atoms with van der Waals surface area (Å²) in [6.07, 6.45) is -2.79. The Labute approximate surface area is 152 Å². The van der Waals surface area contributed by atoms with E-state index in [1.807, 2.05) is 0 Å². The summed E-state index contributed by atoms with van der Waals surface area (Å²) < 4.78 is 39.0. The minimum Gasteiger partial charge on any atom is -0.355 e. The number of hydrogen-bond acceptors (Lipinski definition) is 4. The van der Waals surface area contributed by atoms with Gasteiger partial charge in [-0.3, -0.25) is 10.1 Å². The summed E-state index contributed by atoms with van der Waals surface area (Å²) in [5.74, 6) is -0.0520. The number of alkyl halides is 3. The van der Waals surface area contributed by atoms with Gasteiger partial charge in [-0.15, -0.1) is 0 Å². The van der Waals surface area contributed by atoms with Crippen LogP contribution in [0.25, 0.3) is 0 Å². The van der Waals surface area contributed by atoms with Gasteiger partial charge in [-0.2, -0.15) is 13.2 Å². The highest BCUT2D eigenvalue weighted by Crippen LogP contribution is 2.33. The minimum absolute atomic E-state index is 0.235. The zero-order valence-corrected chi connectivity index (χ0v) is 14.5. The maximum absolute atomic E-state index is 13.0. The van der Waals surface area contributed by atoms with Gasteiger partial charge in [-0.1, -0.05) is 6.07 Å². The summed E-state index contributed by atoms with van der Waals surface area (Å²) in [5.41, 5.74) is 1.45. The number of halogens is 3. The van der Waals surface area contributed by atoms with Crippen molar-refractivity contribution < 1.29 is 18.0 Å². The normalized spacial score (nSPS) is 14.1. The zero-order valence-electron chi connectivity index (χ0n) is 13.7. The molecule has 0 unspecified atom stereocenters. The number of benzene rings is 1. The summed E-state index contributed by atoms with van der Waals surface area (Å²) in [6.45, 7) is 0.509. The maximum atomic E-state index is 13.0. The van der Waals surface area contributed by atoms with Gasteiger partial charge in [0.25, 0.3) is 5.91 Å². The number of anilines is 1. The molecule has 9 heteroatoms. The first-order chi connectivity index (χ1) is 12.3. The van der Waals surface area contributed by atoms with Crippen LogP contribution in [0.3, 0.4) is 0 Å². The van der Waals surface area contributed by atoms with E-state index in [9.17, 15) is 18.0 Å². The summed E-state index contributed by atoms with van der Waals surface area (Å²) >= 11 is 4.86. The molecule has 2 heterocycles. The lowest BCUT2D eigenvalue weighted by molar-refractivity contribution is -0.137. The number of amides is 1. The van der Waals surface area contributed by atoms with Gasteiger partial charge < -0.3 is 15.2 Å². The molecule has 0 saturated carbocycles. The number of thiocarbonyl (C=S) groups is 1. The van der Waals surface area contributed by atoms with Crippen LogP contribution in [0.4, 0.5) is 18.9 Å². The molecule has 0 spiro atoms. The van der Waals surface area contributed by atoms with E-state index in [0.717, 1.165) is 12.1 Å². The molecule has 26 heavy (non-hydrogen) atoms. The molecular formula is C17H15F3N4OS. The predicted molar refractivity (Wildman–Crippen MR) is 94.8 cm³/mol. The minimum atomic E-state index is -4.41. The summed E-state index contributed by atoms with van der Waals surface area (Å²) in [5, 5.41) is 8.02. The highest BCUT2D eigenvalue weighted by molar-refractivity contribution is 7.78. The molecule has 1 aliphatic heterocycles. The second-order valence-corrected chi connectivity index (χ2v) is 5.94. The first-order valence-corrected chi connectivity index (χ1v) is 8.11. The van der Waals surface area contributed by atoms with E-state index < -0.39 is 11.7 Å². The number of fused-ring (bicyclic) bond motifs is 1. The molecule has 3 N–H and O–H groups in total. The molecule has 0 radical (unpaired) electrons. The molecule has 0 fully saturated rings. The van der Waals surface area contributed by atoms with E-state index >= 15 is 0 Å². The van der Waals surface area contributed by atoms with Crippen LogP contribution < -0.4 is 15.5 Å². The molecule has 1 aromatic carbocycles. The Bertz CT molecular complexity index is 900. The standard InChI is InChI=1S/C17H15F3N4OS/c1-21-7-11-6-12(17(18,19)20)3-2-10(11)8-24-13-4-5-22-15(13)16(25)23-14(24)9-26/h2-6,21-22H,7-8H2,1H3,(H,23,25). The first-order valence-electron chi connectivity index (χ1n) is 7.70. The number of rotatable bonds is 4. The lowest BCUT2D eigenvalue weighted by Gasteiger charge is -2.30. The van der Waals surface area contributed by atoms with Gasteiger partial charge in [0.1, 0.15) is 5.69 Å². The Kier molecular flexibility index (Phi) is 4.86. The average molecular weight is 380 g/mol. The van der Waals surface area contributed by atoms with Crippen molar-refractivity contribution in [2.45, 2.75) is 19.3 Å².